The molecule has 1 heterocycles. The molecule has 1 saturated heterocycles. The van der Waals surface area contributed by atoms with E-state index in [0.29, 0.717) is 21.2 Å². The van der Waals surface area contributed by atoms with Gasteiger partial charge in [0.1, 0.15) is 6.54 Å². The highest BCUT2D eigenvalue weighted by atomic mass is 35.5. The van der Waals surface area contributed by atoms with E-state index in [-0.39, 0.29) is 0 Å². The number of hydrogen-bond donors (Lipinski definition) is 3. The molecule has 0 unspecified atom stereocenters. The molecular formula is C19H22Cl2N3S+. The van der Waals surface area contributed by atoms with Crippen molar-refractivity contribution in [2.45, 2.75) is 25.4 Å². The Labute approximate surface area is 164 Å². The molecule has 3 nitrogen and oxygen atoms in total. The number of likely N-dealkylation sites (tertiary alicyclic amines) is 1. The zero-order chi connectivity index (χ0) is 17.6. The molecule has 0 aliphatic carbocycles. The van der Waals surface area contributed by atoms with Crippen LogP contribution in [0.1, 0.15) is 18.4 Å². The Hall–Kier alpha value is -1.33. The summed E-state index contributed by atoms with van der Waals surface area (Å²) in [6.45, 7) is 3.41. The van der Waals surface area contributed by atoms with Gasteiger partial charge in [-0.3, -0.25) is 0 Å². The van der Waals surface area contributed by atoms with Gasteiger partial charge in [-0.25, -0.2) is 0 Å². The molecule has 0 aromatic heterocycles. The van der Waals surface area contributed by atoms with Crippen molar-refractivity contribution < 1.29 is 4.90 Å². The molecule has 0 radical (unpaired) electrons. The third kappa shape index (κ3) is 5.58. The first kappa shape index (κ1) is 18.5. The van der Waals surface area contributed by atoms with Crippen molar-refractivity contribution in [1.82, 2.24) is 5.32 Å². The minimum absolute atomic E-state index is 0.419. The number of anilines is 1. The van der Waals surface area contributed by atoms with Crippen molar-refractivity contribution in [3.63, 3.8) is 0 Å². The Kier molecular flexibility index (Phi) is 6.54. The van der Waals surface area contributed by atoms with Crippen molar-refractivity contribution in [2.75, 3.05) is 18.4 Å². The zero-order valence-electron chi connectivity index (χ0n) is 13.9. The van der Waals surface area contributed by atoms with Gasteiger partial charge in [-0.05, 0) is 30.4 Å². The Morgan fingerprint density at radius 3 is 2.44 bits per heavy atom. The monoisotopic (exact) mass is 394 g/mol. The van der Waals surface area contributed by atoms with Crippen LogP contribution in [0.15, 0.2) is 48.5 Å². The van der Waals surface area contributed by atoms with Crippen molar-refractivity contribution in [3.05, 3.63) is 64.1 Å². The Bertz CT molecular complexity index is 716. The maximum atomic E-state index is 6.03. The lowest BCUT2D eigenvalue weighted by Crippen LogP contribution is -3.12. The standard InChI is InChI=1S/C19H21Cl2N3S/c20-17-7-6-16(12-18(17)21)23-19(25)22-15-8-10-24(11-9-15)13-14-4-2-1-3-5-14/h1-7,12,15H,8-11,13H2,(H2,22,23,25)/p+1. The van der Waals surface area contributed by atoms with Gasteiger partial charge in [-0.1, -0.05) is 53.5 Å². The van der Waals surface area contributed by atoms with Crippen LogP contribution in [0.2, 0.25) is 10.0 Å². The van der Waals surface area contributed by atoms with E-state index in [2.05, 4.69) is 41.0 Å². The third-order valence-corrected chi connectivity index (χ3v) is 5.46. The van der Waals surface area contributed by atoms with Gasteiger partial charge in [0.2, 0.25) is 0 Å². The summed E-state index contributed by atoms with van der Waals surface area (Å²) in [5.74, 6) is 0. The molecule has 2 aromatic rings. The highest BCUT2D eigenvalue weighted by Crippen LogP contribution is 2.24. The molecule has 3 N–H and O–H groups in total. The van der Waals surface area contributed by atoms with E-state index < -0.39 is 0 Å². The van der Waals surface area contributed by atoms with Gasteiger partial charge < -0.3 is 15.5 Å². The number of benzene rings is 2. The van der Waals surface area contributed by atoms with Gasteiger partial charge in [0.15, 0.2) is 5.11 Å². The fraction of sp³-hybridized carbons (Fsp3) is 0.316. The first-order chi connectivity index (χ1) is 12.1. The summed E-state index contributed by atoms with van der Waals surface area (Å²) in [5.41, 5.74) is 2.25. The van der Waals surface area contributed by atoms with E-state index in [4.69, 9.17) is 35.4 Å². The molecule has 0 bridgehead atoms. The van der Waals surface area contributed by atoms with Gasteiger partial charge in [-0.2, -0.15) is 0 Å². The van der Waals surface area contributed by atoms with Crippen molar-refractivity contribution in [2.24, 2.45) is 0 Å². The van der Waals surface area contributed by atoms with Crippen LogP contribution in [0, 0.1) is 0 Å². The second-order valence-corrected chi connectivity index (χ2v) is 7.64. The molecule has 1 aliphatic heterocycles. The first-order valence-corrected chi connectivity index (χ1v) is 9.66. The number of hydrogen-bond acceptors (Lipinski definition) is 1. The highest BCUT2D eigenvalue weighted by Gasteiger charge is 2.22. The van der Waals surface area contributed by atoms with E-state index in [1.807, 2.05) is 6.07 Å². The number of halogens is 2. The Morgan fingerprint density at radius 2 is 1.76 bits per heavy atom. The van der Waals surface area contributed by atoms with Crippen LogP contribution < -0.4 is 15.5 Å². The lowest BCUT2D eigenvalue weighted by Gasteiger charge is -2.30. The molecule has 132 valence electrons. The third-order valence-electron chi connectivity index (χ3n) is 4.50. The summed E-state index contributed by atoms with van der Waals surface area (Å²) >= 11 is 17.4. The Balaban J connectivity index is 1.43. The lowest BCUT2D eigenvalue weighted by molar-refractivity contribution is -0.918. The highest BCUT2D eigenvalue weighted by molar-refractivity contribution is 7.80. The fourth-order valence-electron chi connectivity index (χ4n) is 3.16. The van der Waals surface area contributed by atoms with Crippen LogP contribution in [0.25, 0.3) is 0 Å². The van der Waals surface area contributed by atoms with E-state index in [1.165, 1.54) is 5.56 Å². The van der Waals surface area contributed by atoms with E-state index >= 15 is 0 Å². The van der Waals surface area contributed by atoms with Gasteiger partial charge in [-0.15, -0.1) is 0 Å². The van der Waals surface area contributed by atoms with Crippen LogP contribution in [0.4, 0.5) is 5.69 Å². The van der Waals surface area contributed by atoms with Crippen molar-refractivity contribution in [1.29, 1.82) is 0 Å². The molecule has 1 fully saturated rings. The molecule has 0 atom stereocenters. The molecule has 0 spiro atoms. The number of thiocarbonyl (C=S) groups is 1. The predicted molar refractivity (Wildman–Crippen MR) is 110 cm³/mol. The van der Waals surface area contributed by atoms with Crippen molar-refractivity contribution >= 4 is 46.2 Å². The van der Waals surface area contributed by atoms with Gasteiger partial charge in [0.25, 0.3) is 0 Å². The smallest absolute Gasteiger partial charge is 0.171 e. The molecule has 0 saturated carbocycles. The average molecular weight is 395 g/mol. The summed E-state index contributed by atoms with van der Waals surface area (Å²) in [5, 5.41) is 8.29. The van der Waals surface area contributed by atoms with Gasteiger partial charge >= 0.3 is 0 Å². The SMILES string of the molecule is S=C(Nc1ccc(Cl)c(Cl)c1)NC1CC[NH+](Cc2ccccc2)CC1. The number of rotatable bonds is 4. The van der Waals surface area contributed by atoms with Gasteiger partial charge in [0.05, 0.1) is 23.1 Å². The second kappa shape index (κ2) is 8.86. The summed E-state index contributed by atoms with van der Waals surface area (Å²) in [6, 6.07) is 16.5. The minimum Gasteiger partial charge on any atom is -0.359 e. The minimum atomic E-state index is 0.419. The first-order valence-electron chi connectivity index (χ1n) is 8.50. The van der Waals surface area contributed by atoms with Crippen LogP contribution in [-0.2, 0) is 6.54 Å². The fourth-order valence-corrected chi connectivity index (χ4v) is 3.74. The molecule has 1 aliphatic rings. The Morgan fingerprint density at radius 1 is 1.04 bits per heavy atom. The van der Waals surface area contributed by atoms with Crippen LogP contribution in [0.5, 0.6) is 0 Å². The number of quaternary nitrogens is 1. The number of piperidine rings is 1. The maximum Gasteiger partial charge on any atom is 0.171 e. The summed E-state index contributed by atoms with van der Waals surface area (Å²) < 4.78 is 0. The second-order valence-electron chi connectivity index (χ2n) is 6.41. The maximum absolute atomic E-state index is 6.03. The average Bonchev–Trinajstić information content (AvgIpc) is 2.61. The summed E-state index contributed by atoms with van der Waals surface area (Å²) in [6.07, 6.45) is 2.23. The van der Waals surface area contributed by atoms with E-state index in [9.17, 15) is 0 Å². The van der Waals surface area contributed by atoms with Crippen molar-refractivity contribution in [3.8, 4) is 0 Å². The topological polar surface area (TPSA) is 28.5 Å². The van der Waals surface area contributed by atoms with E-state index in [1.54, 1.807) is 17.0 Å². The zero-order valence-corrected chi connectivity index (χ0v) is 16.2. The van der Waals surface area contributed by atoms with Crippen LogP contribution in [0.3, 0.4) is 0 Å². The van der Waals surface area contributed by atoms with E-state index in [0.717, 1.165) is 38.2 Å². The number of nitrogens with one attached hydrogen (secondary N) is 3. The summed E-state index contributed by atoms with van der Waals surface area (Å²) in [4.78, 5) is 1.63. The van der Waals surface area contributed by atoms with Crippen LogP contribution in [-0.4, -0.2) is 24.2 Å². The molecule has 3 rings (SSSR count). The molecule has 0 amide bonds. The summed E-state index contributed by atoms with van der Waals surface area (Å²) in [7, 11) is 0. The van der Waals surface area contributed by atoms with Gasteiger partial charge in [0, 0.05) is 30.1 Å². The van der Waals surface area contributed by atoms with Crippen LogP contribution >= 0.6 is 35.4 Å². The largest absolute Gasteiger partial charge is 0.359 e. The normalized spacial score (nSPS) is 20.1. The predicted octanol–water partition coefficient (Wildman–Crippen LogP) is 3.53. The lowest BCUT2D eigenvalue weighted by atomic mass is 10.0. The molecular weight excluding hydrogens is 373 g/mol. The quantitative estimate of drug-likeness (QED) is 0.692. The molecule has 25 heavy (non-hydrogen) atoms. The molecule has 2 aromatic carbocycles. The molecule has 6 heteroatoms.